The van der Waals surface area contributed by atoms with Gasteiger partial charge in [0.25, 0.3) is 5.91 Å². The van der Waals surface area contributed by atoms with E-state index in [-0.39, 0.29) is 5.91 Å². The number of ether oxygens (including phenoxy) is 2. The number of hydrogen-bond acceptors (Lipinski definition) is 4. The molecule has 1 amide bonds. The van der Waals surface area contributed by atoms with Crippen molar-refractivity contribution in [2.75, 3.05) is 31.2 Å². The lowest BCUT2D eigenvalue weighted by molar-refractivity contribution is -0.128. The smallest absolute Gasteiger partial charge is 0.261 e. The Balaban J connectivity index is 1.51. The lowest BCUT2D eigenvalue weighted by atomic mass is 10.1. The molecular weight excluding hydrogens is 328 g/mol. The molecule has 0 bridgehead atoms. The van der Waals surface area contributed by atoms with E-state index in [1.54, 1.807) is 0 Å². The van der Waals surface area contributed by atoms with Crippen molar-refractivity contribution in [1.82, 2.24) is 5.32 Å². The maximum absolute atomic E-state index is 12.4. The summed E-state index contributed by atoms with van der Waals surface area (Å²) in [5.41, 5.74) is 2.27. The highest BCUT2D eigenvalue weighted by atomic mass is 16.5. The maximum Gasteiger partial charge on any atom is 0.261 e. The number of nitrogens with one attached hydrogen (secondary N) is 1. The second-order valence-electron chi connectivity index (χ2n) is 6.31. The van der Waals surface area contributed by atoms with Crippen LogP contribution in [-0.4, -0.2) is 38.3 Å². The minimum Gasteiger partial charge on any atom is -0.481 e. The largest absolute Gasteiger partial charge is 0.481 e. The first-order chi connectivity index (χ1) is 12.8. The van der Waals surface area contributed by atoms with Gasteiger partial charge in [0.05, 0.1) is 13.2 Å². The van der Waals surface area contributed by atoms with E-state index in [4.69, 9.17) is 9.47 Å². The van der Waals surface area contributed by atoms with Crippen LogP contribution < -0.4 is 15.0 Å². The molecule has 2 aromatic carbocycles. The summed E-state index contributed by atoms with van der Waals surface area (Å²) < 4.78 is 11.2. The van der Waals surface area contributed by atoms with E-state index >= 15 is 0 Å². The monoisotopic (exact) mass is 354 g/mol. The minimum atomic E-state index is -0.481. The van der Waals surface area contributed by atoms with Gasteiger partial charge >= 0.3 is 0 Å². The number of benzene rings is 2. The number of rotatable bonds is 7. The van der Waals surface area contributed by atoms with Crippen LogP contribution in [0, 0.1) is 0 Å². The Hall–Kier alpha value is -2.53. The molecule has 0 saturated carbocycles. The minimum absolute atomic E-state index is 0.0893. The van der Waals surface area contributed by atoms with Crippen LogP contribution in [0.2, 0.25) is 0 Å². The van der Waals surface area contributed by atoms with Gasteiger partial charge in [-0.1, -0.05) is 37.3 Å². The van der Waals surface area contributed by atoms with Gasteiger partial charge in [-0.2, -0.15) is 0 Å². The average Bonchev–Trinajstić information content (AvgIpc) is 2.72. The van der Waals surface area contributed by atoms with E-state index in [9.17, 15) is 4.79 Å². The Kier molecular flexibility index (Phi) is 6.50. The van der Waals surface area contributed by atoms with Crippen molar-refractivity contribution in [3.8, 4) is 5.75 Å². The average molecular weight is 354 g/mol. The van der Waals surface area contributed by atoms with Crippen molar-refractivity contribution in [3.05, 3.63) is 60.2 Å². The van der Waals surface area contributed by atoms with Gasteiger partial charge in [-0.3, -0.25) is 4.79 Å². The van der Waals surface area contributed by atoms with Crippen molar-refractivity contribution in [2.24, 2.45) is 0 Å². The summed E-state index contributed by atoms with van der Waals surface area (Å²) >= 11 is 0. The molecule has 1 saturated heterocycles. The molecule has 0 aromatic heterocycles. The third-order valence-corrected chi connectivity index (χ3v) is 4.46. The van der Waals surface area contributed by atoms with E-state index in [1.165, 1.54) is 5.69 Å². The summed E-state index contributed by atoms with van der Waals surface area (Å²) in [4.78, 5) is 14.7. The number of morpholine rings is 1. The predicted octanol–water partition coefficient (Wildman–Crippen LogP) is 3.00. The molecule has 1 aliphatic rings. The van der Waals surface area contributed by atoms with Crippen LogP contribution in [0.15, 0.2) is 54.6 Å². The van der Waals surface area contributed by atoms with E-state index < -0.39 is 6.10 Å². The highest BCUT2D eigenvalue weighted by molar-refractivity contribution is 5.81. The van der Waals surface area contributed by atoms with Gasteiger partial charge in [0.2, 0.25) is 0 Å². The first kappa shape index (κ1) is 18.3. The van der Waals surface area contributed by atoms with Gasteiger partial charge in [0.15, 0.2) is 6.10 Å². The van der Waals surface area contributed by atoms with Gasteiger partial charge in [-0.05, 0) is 36.2 Å². The molecular formula is C21H26N2O3. The summed E-state index contributed by atoms with van der Waals surface area (Å²) in [6.07, 6.45) is 0.140. The van der Waals surface area contributed by atoms with Crippen LogP contribution in [0.5, 0.6) is 5.75 Å². The molecule has 0 spiro atoms. The van der Waals surface area contributed by atoms with E-state index in [0.29, 0.717) is 18.7 Å². The summed E-state index contributed by atoms with van der Waals surface area (Å²) in [6.45, 7) is 5.84. The highest BCUT2D eigenvalue weighted by Gasteiger charge is 2.18. The third kappa shape index (κ3) is 4.99. The van der Waals surface area contributed by atoms with Crippen LogP contribution in [-0.2, 0) is 16.1 Å². The molecule has 1 fully saturated rings. The van der Waals surface area contributed by atoms with Crippen LogP contribution in [0.4, 0.5) is 5.69 Å². The van der Waals surface area contributed by atoms with Crippen LogP contribution >= 0.6 is 0 Å². The molecule has 3 rings (SSSR count). The van der Waals surface area contributed by atoms with Crippen molar-refractivity contribution >= 4 is 11.6 Å². The maximum atomic E-state index is 12.4. The van der Waals surface area contributed by atoms with Crippen LogP contribution in [0.3, 0.4) is 0 Å². The standard InChI is InChI=1S/C21H26N2O3/c1-2-20(26-19-6-4-3-5-7-19)21(24)22-16-17-8-10-18(11-9-17)23-12-14-25-15-13-23/h3-11,20H,2,12-16H2,1H3,(H,22,24). The normalized spacial score (nSPS) is 15.3. The molecule has 138 valence electrons. The quantitative estimate of drug-likeness (QED) is 0.830. The zero-order valence-electron chi connectivity index (χ0n) is 15.2. The van der Waals surface area contributed by atoms with Gasteiger partial charge in [-0.25, -0.2) is 0 Å². The molecule has 1 heterocycles. The molecule has 1 aliphatic heterocycles. The predicted molar refractivity (Wildman–Crippen MR) is 102 cm³/mol. The molecule has 0 radical (unpaired) electrons. The molecule has 5 heteroatoms. The van der Waals surface area contributed by atoms with Gasteiger partial charge < -0.3 is 19.7 Å². The fraction of sp³-hybridized carbons (Fsp3) is 0.381. The number of amides is 1. The third-order valence-electron chi connectivity index (χ3n) is 4.46. The summed E-state index contributed by atoms with van der Waals surface area (Å²) in [7, 11) is 0. The topological polar surface area (TPSA) is 50.8 Å². The first-order valence-electron chi connectivity index (χ1n) is 9.17. The number of carbonyl (C=O) groups is 1. The number of hydrogen-bond donors (Lipinski definition) is 1. The van der Waals surface area contributed by atoms with Gasteiger partial charge in [0, 0.05) is 25.3 Å². The Labute approximate surface area is 154 Å². The Morgan fingerprint density at radius 1 is 1.12 bits per heavy atom. The fourth-order valence-electron chi connectivity index (χ4n) is 2.93. The molecule has 0 aliphatic carbocycles. The number of para-hydroxylation sites is 1. The van der Waals surface area contributed by atoms with Crippen molar-refractivity contribution < 1.29 is 14.3 Å². The first-order valence-corrected chi connectivity index (χ1v) is 9.17. The lowest BCUT2D eigenvalue weighted by Gasteiger charge is -2.29. The van der Waals surface area contributed by atoms with Crippen LogP contribution in [0.25, 0.3) is 0 Å². The fourth-order valence-corrected chi connectivity index (χ4v) is 2.93. The molecule has 1 N–H and O–H groups in total. The Bertz CT molecular complexity index is 682. The summed E-state index contributed by atoms with van der Waals surface area (Å²) in [5.74, 6) is 0.623. The molecule has 26 heavy (non-hydrogen) atoms. The number of carbonyl (C=O) groups excluding carboxylic acids is 1. The summed E-state index contributed by atoms with van der Waals surface area (Å²) in [6, 6.07) is 17.8. The van der Waals surface area contributed by atoms with Crippen molar-refractivity contribution in [1.29, 1.82) is 0 Å². The van der Waals surface area contributed by atoms with E-state index in [0.717, 1.165) is 31.9 Å². The number of nitrogens with zero attached hydrogens (tertiary/aromatic N) is 1. The van der Waals surface area contributed by atoms with E-state index in [1.807, 2.05) is 37.3 Å². The second kappa shape index (κ2) is 9.25. The zero-order chi connectivity index (χ0) is 18.2. The molecule has 2 aromatic rings. The SMILES string of the molecule is CCC(Oc1ccccc1)C(=O)NCc1ccc(N2CCOCC2)cc1. The summed E-state index contributed by atoms with van der Waals surface area (Å²) in [5, 5.41) is 2.97. The Morgan fingerprint density at radius 2 is 1.81 bits per heavy atom. The Morgan fingerprint density at radius 3 is 2.46 bits per heavy atom. The highest BCUT2D eigenvalue weighted by Crippen LogP contribution is 2.17. The molecule has 5 nitrogen and oxygen atoms in total. The zero-order valence-corrected chi connectivity index (χ0v) is 15.2. The molecule has 1 unspecified atom stereocenters. The van der Waals surface area contributed by atoms with Crippen molar-refractivity contribution in [2.45, 2.75) is 26.0 Å². The molecule has 1 atom stereocenters. The van der Waals surface area contributed by atoms with Crippen LogP contribution in [0.1, 0.15) is 18.9 Å². The van der Waals surface area contributed by atoms with Gasteiger partial charge in [0.1, 0.15) is 5.75 Å². The second-order valence-corrected chi connectivity index (χ2v) is 6.31. The number of anilines is 1. The van der Waals surface area contributed by atoms with Crippen molar-refractivity contribution in [3.63, 3.8) is 0 Å². The van der Waals surface area contributed by atoms with Gasteiger partial charge in [-0.15, -0.1) is 0 Å². The van der Waals surface area contributed by atoms with E-state index in [2.05, 4.69) is 34.5 Å². The lowest BCUT2D eigenvalue weighted by Crippen LogP contribution is -2.37.